The summed E-state index contributed by atoms with van der Waals surface area (Å²) in [7, 11) is 0. The van der Waals surface area contributed by atoms with Gasteiger partial charge in [-0.2, -0.15) is 4.98 Å². The molecule has 2 rings (SSSR count). The average molecular weight is 250 g/mol. The second-order valence-corrected chi connectivity index (χ2v) is 5.23. The highest BCUT2D eigenvalue weighted by molar-refractivity contribution is 5.33. The molecule has 1 heterocycles. The lowest BCUT2D eigenvalue weighted by molar-refractivity contribution is 0.232. The van der Waals surface area contributed by atoms with Gasteiger partial charge in [-0.05, 0) is 39.0 Å². The van der Waals surface area contributed by atoms with Crippen molar-refractivity contribution in [3.63, 3.8) is 0 Å². The van der Waals surface area contributed by atoms with Crippen molar-refractivity contribution < 1.29 is 4.74 Å². The van der Waals surface area contributed by atoms with Crippen LogP contribution in [0.15, 0.2) is 12.4 Å². The molecule has 0 bridgehead atoms. The van der Waals surface area contributed by atoms with Crippen molar-refractivity contribution in [1.29, 1.82) is 0 Å². The van der Waals surface area contributed by atoms with E-state index in [0.717, 1.165) is 25.2 Å². The fourth-order valence-electron chi connectivity index (χ4n) is 2.28. The van der Waals surface area contributed by atoms with Crippen LogP contribution < -0.4 is 15.8 Å². The maximum atomic E-state index is 5.90. The van der Waals surface area contributed by atoms with Gasteiger partial charge in [0, 0.05) is 12.6 Å². The van der Waals surface area contributed by atoms with E-state index in [0.29, 0.717) is 17.8 Å². The molecule has 18 heavy (non-hydrogen) atoms. The van der Waals surface area contributed by atoms with Crippen molar-refractivity contribution in [3.05, 3.63) is 12.4 Å². The van der Waals surface area contributed by atoms with Gasteiger partial charge in [0.05, 0.1) is 18.5 Å². The third-order valence-corrected chi connectivity index (χ3v) is 3.12. The second-order valence-electron chi connectivity index (χ2n) is 5.23. The number of nitrogens with two attached hydrogens (primary N) is 1. The molecule has 3 N–H and O–H groups in total. The van der Waals surface area contributed by atoms with Crippen molar-refractivity contribution in [2.24, 2.45) is 11.7 Å². The summed E-state index contributed by atoms with van der Waals surface area (Å²) in [6.07, 6.45) is 6.90. The minimum atomic E-state index is 0.113. The molecule has 1 aliphatic carbocycles. The van der Waals surface area contributed by atoms with E-state index in [-0.39, 0.29) is 6.10 Å². The molecule has 1 saturated carbocycles. The fraction of sp³-hybridized carbons (Fsp3) is 0.692. The largest absolute Gasteiger partial charge is 0.474 e. The fourth-order valence-corrected chi connectivity index (χ4v) is 2.28. The monoisotopic (exact) mass is 250 g/mol. The van der Waals surface area contributed by atoms with Crippen molar-refractivity contribution in [2.75, 3.05) is 11.9 Å². The highest BCUT2D eigenvalue weighted by atomic mass is 16.5. The zero-order chi connectivity index (χ0) is 13.0. The Labute approximate surface area is 108 Å². The zero-order valence-corrected chi connectivity index (χ0v) is 11.1. The van der Waals surface area contributed by atoms with Gasteiger partial charge in [-0.15, -0.1) is 0 Å². The summed E-state index contributed by atoms with van der Waals surface area (Å²) in [5.74, 6) is 1.99. The normalized spacial score (nSPS) is 23.3. The smallest absolute Gasteiger partial charge is 0.234 e. The summed E-state index contributed by atoms with van der Waals surface area (Å²) in [6, 6.07) is 0.374. The minimum Gasteiger partial charge on any atom is -0.474 e. The number of hydrogen-bond acceptors (Lipinski definition) is 5. The van der Waals surface area contributed by atoms with Crippen LogP contribution in [0.3, 0.4) is 0 Å². The first-order valence-electron chi connectivity index (χ1n) is 6.61. The lowest BCUT2D eigenvalue weighted by Gasteiger charge is -2.13. The van der Waals surface area contributed by atoms with E-state index in [4.69, 9.17) is 10.5 Å². The summed E-state index contributed by atoms with van der Waals surface area (Å²) < 4.78 is 5.51. The molecule has 1 aromatic rings. The molecule has 100 valence electrons. The SMILES string of the molecule is CC(C)Oc1cncc(NCC2CCC(N)C2)n1. The van der Waals surface area contributed by atoms with E-state index in [1.165, 1.54) is 6.42 Å². The van der Waals surface area contributed by atoms with Crippen LogP contribution in [-0.2, 0) is 0 Å². The Morgan fingerprint density at radius 3 is 2.94 bits per heavy atom. The van der Waals surface area contributed by atoms with E-state index in [1.807, 2.05) is 13.8 Å². The summed E-state index contributed by atoms with van der Waals surface area (Å²) in [5.41, 5.74) is 5.90. The molecule has 0 aliphatic heterocycles. The van der Waals surface area contributed by atoms with Crippen LogP contribution in [0.2, 0.25) is 0 Å². The molecule has 5 heteroatoms. The molecule has 1 fully saturated rings. The summed E-state index contributed by atoms with van der Waals surface area (Å²) in [5, 5.41) is 3.31. The number of nitrogens with one attached hydrogen (secondary N) is 1. The van der Waals surface area contributed by atoms with Gasteiger partial charge in [0.2, 0.25) is 5.88 Å². The minimum absolute atomic E-state index is 0.113. The molecule has 2 atom stereocenters. The Kier molecular flexibility index (Phi) is 4.36. The van der Waals surface area contributed by atoms with Crippen LogP contribution in [0.5, 0.6) is 5.88 Å². The van der Waals surface area contributed by atoms with Gasteiger partial charge in [0.1, 0.15) is 5.82 Å². The molecular formula is C13H22N4O. The van der Waals surface area contributed by atoms with Crippen LogP contribution in [0.25, 0.3) is 0 Å². The van der Waals surface area contributed by atoms with Gasteiger partial charge < -0.3 is 15.8 Å². The topological polar surface area (TPSA) is 73.1 Å². The first-order chi connectivity index (χ1) is 8.63. The average Bonchev–Trinajstić information content (AvgIpc) is 2.72. The van der Waals surface area contributed by atoms with Gasteiger partial charge in [-0.1, -0.05) is 0 Å². The van der Waals surface area contributed by atoms with E-state index in [9.17, 15) is 0 Å². The quantitative estimate of drug-likeness (QED) is 0.833. The molecule has 1 aromatic heterocycles. The molecule has 2 unspecified atom stereocenters. The standard InChI is InChI=1S/C13H22N4O/c1-9(2)18-13-8-15-7-12(17-13)16-6-10-3-4-11(14)5-10/h7-11H,3-6,14H2,1-2H3,(H,16,17). The lowest BCUT2D eigenvalue weighted by atomic mass is 10.1. The van der Waals surface area contributed by atoms with Gasteiger partial charge >= 0.3 is 0 Å². The Bertz CT molecular complexity index is 383. The number of rotatable bonds is 5. The number of ether oxygens (including phenoxy) is 1. The molecular weight excluding hydrogens is 228 g/mol. The second kappa shape index (κ2) is 6.00. The van der Waals surface area contributed by atoms with E-state index < -0.39 is 0 Å². The van der Waals surface area contributed by atoms with Crippen LogP contribution >= 0.6 is 0 Å². The van der Waals surface area contributed by atoms with Gasteiger partial charge in [-0.3, -0.25) is 4.98 Å². The molecule has 0 radical (unpaired) electrons. The zero-order valence-electron chi connectivity index (χ0n) is 11.1. The highest BCUT2D eigenvalue weighted by Crippen LogP contribution is 2.24. The van der Waals surface area contributed by atoms with Gasteiger partial charge in [-0.25, -0.2) is 0 Å². The van der Waals surface area contributed by atoms with Crippen LogP contribution in [-0.4, -0.2) is 28.7 Å². The number of anilines is 1. The third kappa shape index (κ3) is 3.84. The first kappa shape index (κ1) is 13.1. The number of nitrogens with zero attached hydrogens (tertiary/aromatic N) is 2. The Morgan fingerprint density at radius 2 is 2.28 bits per heavy atom. The van der Waals surface area contributed by atoms with Crippen molar-refractivity contribution in [2.45, 2.75) is 45.3 Å². The molecule has 5 nitrogen and oxygen atoms in total. The van der Waals surface area contributed by atoms with Crippen molar-refractivity contribution >= 4 is 5.82 Å². The summed E-state index contributed by atoms with van der Waals surface area (Å²) in [6.45, 7) is 4.86. The maximum Gasteiger partial charge on any atom is 0.234 e. The predicted octanol–water partition coefficient (Wildman–Crippen LogP) is 1.80. The Morgan fingerprint density at radius 1 is 1.44 bits per heavy atom. The van der Waals surface area contributed by atoms with Gasteiger partial charge in [0.15, 0.2) is 0 Å². The van der Waals surface area contributed by atoms with E-state index >= 15 is 0 Å². The Balaban J connectivity index is 1.85. The number of aromatic nitrogens is 2. The number of hydrogen-bond donors (Lipinski definition) is 2. The maximum absolute atomic E-state index is 5.90. The van der Waals surface area contributed by atoms with Crippen molar-refractivity contribution in [1.82, 2.24) is 9.97 Å². The van der Waals surface area contributed by atoms with Crippen LogP contribution in [0.1, 0.15) is 33.1 Å². The molecule has 0 aromatic carbocycles. The summed E-state index contributed by atoms with van der Waals surface area (Å²) >= 11 is 0. The molecule has 1 aliphatic rings. The first-order valence-corrected chi connectivity index (χ1v) is 6.61. The highest BCUT2D eigenvalue weighted by Gasteiger charge is 2.21. The van der Waals surface area contributed by atoms with E-state index in [1.54, 1.807) is 12.4 Å². The summed E-state index contributed by atoms with van der Waals surface area (Å²) in [4.78, 5) is 8.49. The third-order valence-electron chi connectivity index (χ3n) is 3.12. The van der Waals surface area contributed by atoms with Crippen molar-refractivity contribution in [3.8, 4) is 5.88 Å². The lowest BCUT2D eigenvalue weighted by Crippen LogP contribution is -2.18. The molecule has 0 saturated heterocycles. The molecule has 0 amide bonds. The Hall–Kier alpha value is -1.36. The predicted molar refractivity (Wildman–Crippen MR) is 71.6 cm³/mol. The van der Waals surface area contributed by atoms with Gasteiger partial charge in [0.25, 0.3) is 0 Å². The molecule has 0 spiro atoms. The van der Waals surface area contributed by atoms with Crippen LogP contribution in [0, 0.1) is 5.92 Å². The van der Waals surface area contributed by atoms with E-state index in [2.05, 4.69) is 15.3 Å². The van der Waals surface area contributed by atoms with Crippen LogP contribution in [0.4, 0.5) is 5.82 Å².